The number of halogens is 2. The van der Waals surface area contributed by atoms with Crippen LogP contribution in [0.3, 0.4) is 0 Å². The van der Waals surface area contributed by atoms with Crippen LogP contribution in [-0.4, -0.2) is 42.5 Å². The molecular weight excluding hydrogens is 459 g/mol. The molecule has 8 nitrogen and oxygen atoms in total. The van der Waals surface area contributed by atoms with E-state index in [0.29, 0.717) is 27.5 Å². The molecule has 3 heterocycles. The summed E-state index contributed by atoms with van der Waals surface area (Å²) in [7, 11) is 2.89. The van der Waals surface area contributed by atoms with E-state index in [-0.39, 0.29) is 23.8 Å². The van der Waals surface area contributed by atoms with Crippen LogP contribution in [-0.2, 0) is 14.1 Å². The molecule has 1 unspecified atom stereocenters. The van der Waals surface area contributed by atoms with Gasteiger partial charge in [-0.2, -0.15) is 0 Å². The van der Waals surface area contributed by atoms with Crippen molar-refractivity contribution in [3.63, 3.8) is 0 Å². The smallest absolute Gasteiger partial charge is 0.331 e. The second-order valence-electron chi connectivity index (χ2n) is 7.46. The molecule has 3 aromatic heterocycles. The number of fused-ring (bicyclic) bond motifs is 1. The molecule has 1 aromatic carbocycles. The Bertz CT molecular complexity index is 1420. The Hall–Kier alpha value is -2.79. The van der Waals surface area contributed by atoms with Gasteiger partial charge in [-0.3, -0.25) is 13.9 Å². The van der Waals surface area contributed by atoms with Crippen LogP contribution in [0.4, 0.5) is 4.39 Å². The zero-order valence-corrected chi connectivity index (χ0v) is 18.7. The summed E-state index contributed by atoms with van der Waals surface area (Å²) in [5.74, 6) is -1.89. The Morgan fingerprint density at radius 3 is 2.53 bits per heavy atom. The van der Waals surface area contributed by atoms with Crippen molar-refractivity contribution in [3.8, 4) is 11.3 Å². The summed E-state index contributed by atoms with van der Waals surface area (Å²) < 4.78 is 16.3. The van der Waals surface area contributed by atoms with Crippen LogP contribution < -0.4 is 11.2 Å². The van der Waals surface area contributed by atoms with Crippen LogP contribution in [0.2, 0.25) is 5.15 Å². The lowest BCUT2D eigenvalue weighted by Gasteiger charge is -2.22. The van der Waals surface area contributed by atoms with Gasteiger partial charge in [0, 0.05) is 44.2 Å². The largest absolute Gasteiger partial charge is 0.396 e. The Morgan fingerprint density at radius 2 is 1.94 bits per heavy atom. The summed E-state index contributed by atoms with van der Waals surface area (Å²) >= 11 is 7.27. The molecule has 4 aromatic rings. The molecule has 0 bridgehead atoms. The van der Waals surface area contributed by atoms with Crippen molar-refractivity contribution in [2.24, 2.45) is 20.0 Å². The first kappa shape index (κ1) is 22.4. The molecule has 0 fully saturated rings. The summed E-state index contributed by atoms with van der Waals surface area (Å²) in [6.45, 7) is -0.764. The molecule has 0 spiro atoms. The highest BCUT2D eigenvalue weighted by Crippen LogP contribution is 2.40. The number of hydrogen-bond donors (Lipinski definition) is 3. The second-order valence-corrected chi connectivity index (χ2v) is 8.74. The third kappa shape index (κ3) is 3.58. The van der Waals surface area contributed by atoms with E-state index in [2.05, 4.69) is 9.97 Å². The monoisotopic (exact) mass is 478 g/mol. The van der Waals surface area contributed by atoms with Gasteiger partial charge in [0.25, 0.3) is 5.56 Å². The molecular formula is C21H20ClFN4O4S. The fourth-order valence-electron chi connectivity index (χ4n) is 3.97. The van der Waals surface area contributed by atoms with Gasteiger partial charge in [-0.15, -0.1) is 11.3 Å². The van der Waals surface area contributed by atoms with E-state index in [0.717, 1.165) is 4.57 Å². The lowest BCUT2D eigenvalue weighted by atomic mass is 9.90. The van der Waals surface area contributed by atoms with Crippen molar-refractivity contribution in [1.29, 1.82) is 0 Å². The number of H-pyrrole nitrogens is 1. The van der Waals surface area contributed by atoms with E-state index in [1.807, 2.05) is 0 Å². The fourth-order valence-corrected chi connectivity index (χ4v) is 5.12. The van der Waals surface area contributed by atoms with Crippen molar-refractivity contribution in [2.75, 3.05) is 13.2 Å². The first-order chi connectivity index (χ1) is 15.3. The first-order valence-corrected chi connectivity index (χ1v) is 10.9. The maximum atomic E-state index is 14.0. The molecule has 32 heavy (non-hydrogen) atoms. The average molecular weight is 479 g/mol. The molecule has 4 rings (SSSR count). The summed E-state index contributed by atoms with van der Waals surface area (Å²) in [4.78, 5) is 33.4. The maximum Gasteiger partial charge on any atom is 0.331 e. The number of benzene rings is 1. The van der Waals surface area contributed by atoms with Gasteiger partial charge < -0.3 is 15.2 Å². The third-order valence-electron chi connectivity index (χ3n) is 5.55. The Kier molecular flexibility index (Phi) is 6.04. The number of aryl methyl sites for hydroxylation is 1. The molecule has 0 saturated carbocycles. The van der Waals surface area contributed by atoms with Gasteiger partial charge in [0.2, 0.25) is 0 Å². The number of aliphatic hydroxyl groups is 2. The van der Waals surface area contributed by atoms with Crippen molar-refractivity contribution >= 4 is 33.8 Å². The highest BCUT2D eigenvalue weighted by molar-refractivity contribution is 7.10. The number of aromatic nitrogens is 4. The average Bonchev–Trinajstić information content (AvgIpc) is 3.38. The van der Waals surface area contributed by atoms with Crippen molar-refractivity contribution in [2.45, 2.75) is 5.92 Å². The van der Waals surface area contributed by atoms with Gasteiger partial charge in [0.05, 0.1) is 28.2 Å². The lowest BCUT2D eigenvalue weighted by Crippen LogP contribution is -2.37. The van der Waals surface area contributed by atoms with Gasteiger partial charge in [-0.1, -0.05) is 23.7 Å². The second kappa shape index (κ2) is 8.62. The maximum absolute atomic E-state index is 14.0. The van der Waals surface area contributed by atoms with Crippen LogP contribution in [0.15, 0.2) is 39.2 Å². The van der Waals surface area contributed by atoms with E-state index < -0.39 is 28.9 Å². The minimum Gasteiger partial charge on any atom is -0.396 e. The van der Waals surface area contributed by atoms with E-state index in [9.17, 15) is 24.2 Å². The van der Waals surface area contributed by atoms with Crippen LogP contribution in [0.25, 0.3) is 22.2 Å². The Labute approximate surface area is 190 Å². The number of nitrogens with one attached hydrogen (secondary N) is 1. The minimum atomic E-state index is -0.704. The molecule has 0 aliphatic carbocycles. The van der Waals surface area contributed by atoms with Crippen molar-refractivity contribution < 1.29 is 14.6 Å². The standard InChI is InChI=1S/C21H20ClFN4O4S/c1-26-18-15(20(30)27(2)21(26)31)16(10-4-3-5-12(23)6-10)25-17(18)14(11(7-28)8-29)19-24-13(22)9-32-19/h3-6,9,11,14,25,28-29H,7-8H2,1-2H3. The van der Waals surface area contributed by atoms with Crippen LogP contribution >= 0.6 is 22.9 Å². The zero-order valence-electron chi connectivity index (χ0n) is 17.2. The normalized spacial score (nSPS) is 12.7. The molecule has 0 amide bonds. The van der Waals surface area contributed by atoms with Crippen molar-refractivity contribution in [3.05, 3.63) is 72.2 Å². The highest BCUT2D eigenvalue weighted by Gasteiger charge is 2.33. The van der Waals surface area contributed by atoms with Gasteiger partial charge in [0.15, 0.2) is 0 Å². The van der Waals surface area contributed by atoms with Crippen molar-refractivity contribution in [1.82, 2.24) is 19.1 Å². The van der Waals surface area contributed by atoms with E-state index in [4.69, 9.17) is 11.6 Å². The van der Waals surface area contributed by atoms with Gasteiger partial charge in [-0.05, 0) is 12.1 Å². The summed E-state index contributed by atoms with van der Waals surface area (Å²) in [5.41, 5.74) is 0.334. The number of nitrogens with zero attached hydrogens (tertiary/aromatic N) is 3. The topological polar surface area (TPSA) is 113 Å². The molecule has 0 radical (unpaired) electrons. The molecule has 0 aliphatic rings. The minimum absolute atomic E-state index is 0.192. The van der Waals surface area contributed by atoms with E-state index in [1.165, 1.54) is 48.2 Å². The third-order valence-corrected chi connectivity index (χ3v) is 6.80. The van der Waals surface area contributed by atoms with E-state index >= 15 is 0 Å². The van der Waals surface area contributed by atoms with E-state index in [1.54, 1.807) is 11.4 Å². The summed E-state index contributed by atoms with van der Waals surface area (Å²) in [6, 6.07) is 5.74. The fraction of sp³-hybridized carbons (Fsp3) is 0.286. The molecule has 11 heteroatoms. The number of aromatic amines is 1. The predicted molar refractivity (Wildman–Crippen MR) is 121 cm³/mol. The summed E-state index contributed by atoms with van der Waals surface area (Å²) in [6.07, 6.45) is 0. The van der Waals surface area contributed by atoms with Gasteiger partial charge in [-0.25, -0.2) is 14.2 Å². The van der Waals surface area contributed by atoms with Gasteiger partial charge >= 0.3 is 5.69 Å². The Balaban J connectivity index is 2.15. The molecule has 0 aliphatic heterocycles. The SMILES string of the molecule is Cn1c(=O)c2c(-c3cccc(F)c3)[nH]c(C(c3nc(Cl)cs3)C(CO)CO)c2n(C)c1=O. The Morgan fingerprint density at radius 1 is 1.22 bits per heavy atom. The van der Waals surface area contributed by atoms with Crippen LogP contribution in [0.5, 0.6) is 0 Å². The predicted octanol–water partition coefficient (Wildman–Crippen LogP) is 2.21. The number of aliphatic hydroxyl groups excluding tert-OH is 2. The first-order valence-electron chi connectivity index (χ1n) is 9.68. The molecule has 168 valence electrons. The highest BCUT2D eigenvalue weighted by atomic mass is 35.5. The summed E-state index contributed by atoms with van der Waals surface area (Å²) in [5, 5.41) is 22.5. The van der Waals surface area contributed by atoms with Crippen LogP contribution in [0, 0.1) is 11.7 Å². The molecule has 1 atom stereocenters. The molecule has 0 saturated heterocycles. The number of thiazole rings is 1. The lowest BCUT2D eigenvalue weighted by molar-refractivity contribution is 0.138. The van der Waals surface area contributed by atoms with Gasteiger partial charge in [0.1, 0.15) is 16.0 Å². The number of hydrogen-bond acceptors (Lipinski definition) is 6. The quantitative estimate of drug-likeness (QED) is 0.393. The molecule has 3 N–H and O–H groups in total. The number of rotatable bonds is 6. The zero-order chi connectivity index (χ0) is 23.2. The van der Waals surface area contributed by atoms with Crippen LogP contribution in [0.1, 0.15) is 16.6 Å².